The van der Waals surface area contributed by atoms with Gasteiger partial charge < -0.3 is 26.4 Å². The number of benzene rings is 1. The van der Waals surface area contributed by atoms with Gasteiger partial charge in [-0.3, -0.25) is 14.8 Å². The third-order valence-corrected chi connectivity index (χ3v) is 4.82. The number of nitrogens with zero attached hydrogens (tertiary/aromatic N) is 2. The Morgan fingerprint density at radius 2 is 1.97 bits per heavy atom. The van der Waals surface area contributed by atoms with Gasteiger partial charge in [-0.25, -0.2) is 4.79 Å². The van der Waals surface area contributed by atoms with Crippen LogP contribution in [0.4, 0.5) is 0 Å². The maximum atomic E-state index is 12.5. The Balaban J connectivity index is 1.42. The second-order valence-corrected chi connectivity index (χ2v) is 7.21. The van der Waals surface area contributed by atoms with Crippen molar-refractivity contribution in [3.63, 3.8) is 0 Å². The highest BCUT2D eigenvalue weighted by Gasteiger charge is 2.20. The standard InChI is InChI=1S/C22H28N6O3/c29-20(28-19(21(30)31)5-3-11-25-22-26-12-13-27-22)17-8-6-16(7-9-17)14-23-15-18-4-1-2-10-24-18/h1-2,4,6-10,19,23H,3,5,11-15H2,(H,28,29)(H,30,31)(H2,25,26,27)/t19-/m0/s1. The van der Waals surface area contributed by atoms with Crippen LogP contribution in [0.15, 0.2) is 53.7 Å². The number of aliphatic imine (C=N–C) groups is 1. The van der Waals surface area contributed by atoms with Gasteiger partial charge in [0.05, 0.1) is 12.2 Å². The van der Waals surface area contributed by atoms with E-state index in [0.29, 0.717) is 38.0 Å². The van der Waals surface area contributed by atoms with E-state index in [4.69, 9.17) is 0 Å². The molecule has 1 atom stereocenters. The Hall–Kier alpha value is -3.46. The molecule has 5 N–H and O–H groups in total. The van der Waals surface area contributed by atoms with E-state index in [1.54, 1.807) is 18.3 Å². The summed E-state index contributed by atoms with van der Waals surface area (Å²) >= 11 is 0. The second kappa shape index (κ2) is 11.7. The lowest BCUT2D eigenvalue weighted by Gasteiger charge is -2.15. The number of carboxylic acid groups (broad SMARTS) is 1. The second-order valence-electron chi connectivity index (χ2n) is 7.21. The fraction of sp³-hybridized carbons (Fsp3) is 0.364. The Labute approximate surface area is 181 Å². The molecule has 1 amide bonds. The Morgan fingerprint density at radius 3 is 2.65 bits per heavy atom. The average molecular weight is 425 g/mol. The molecule has 3 rings (SSSR count). The van der Waals surface area contributed by atoms with Crippen molar-refractivity contribution in [3.8, 4) is 0 Å². The fourth-order valence-corrected chi connectivity index (χ4v) is 3.14. The minimum atomic E-state index is -1.04. The van der Waals surface area contributed by atoms with E-state index < -0.39 is 17.9 Å². The van der Waals surface area contributed by atoms with Gasteiger partial charge in [-0.05, 0) is 42.7 Å². The number of nitrogens with one attached hydrogen (secondary N) is 4. The van der Waals surface area contributed by atoms with Crippen molar-refractivity contribution < 1.29 is 14.7 Å². The number of carboxylic acids is 1. The zero-order chi connectivity index (χ0) is 21.9. The maximum Gasteiger partial charge on any atom is 0.326 e. The van der Waals surface area contributed by atoms with Crippen molar-refractivity contribution in [1.82, 2.24) is 26.3 Å². The summed E-state index contributed by atoms with van der Waals surface area (Å²) in [7, 11) is 0. The number of guanidine groups is 1. The summed E-state index contributed by atoms with van der Waals surface area (Å²) in [5, 5.41) is 21.6. The lowest BCUT2D eigenvalue weighted by atomic mass is 10.1. The van der Waals surface area contributed by atoms with Crippen LogP contribution >= 0.6 is 0 Å². The lowest BCUT2D eigenvalue weighted by Crippen LogP contribution is -2.41. The monoisotopic (exact) mass is 424 g/mol. The molecule has 1 aromatic heterocycles. The summed E-state index contributed by atoms with van der Waals surface area (Å²) in [4.78, 5) is 32.5. The summed E-state index contributed by atoms with van der Waals surface area (Å²) in [6.07, 6.45) is 2.68. The highest BCUT2D eigenvalue weighted by Crippen LogP contribution is 2.07. The minimum absolute atomic E-state index is 0.330. The van der Waals surface area contributed by atoms with Crippen molar-refractivity contribution in [1.29, 1.82) is 0 Å². The number of pyridine rings is 1. The lowest BCUT2D eigenvalue weighted by molar-refractivity contribution is -0.139. The molecule has 9 heteroatoms. The first-order chi connectivity index (χ1) is 15.1. The molecule has 9 nitrogen and oxygen atoms in total. The topological polar surface area (TPSA) is 128 Å². The van der Waals surface area contributed by atoms with Gasteiger partial charge in [0.15, 0.2) is 5.96 Å². The van der Waals surface area contributed by atoms with Crippen molar-refractivity contribution in [2.45, 2.75) is 32.0 Å². The van der Waals surface area contributed by atoms with E-state index in [1.807, 2.05) is 30.3 Å². The Kier molecular flexibility index (Phi) is 8.36. The van der Waals surface area contributed by atoms with Crippen molar-refractivity contribution in [3.05, 3.63) is 65.5 Å². The summed E-state index contributed by atoms with van der Waals surface area (Å²) < 4.78 is 0. The van der Waals surface area contributed by atoms with Crippen molar-refractivity contribution in [2.24, 2.45) is 4.99 Å². The van der Waals surface area contributed by atoms with Crippen LogP contribution in [0.3, 0.4) is 0 Å². The quantitative estimate of drug-likeness (QED) is 0.339. The van der Waals surface area contributed by atoms with Crippen molar-refractivity contribution in [2.75, 3.05) is 19.6 Å². The molecule has 0 saturated heterocycles. The number of hydrogen-bond acceptors (Lipinski definition) is 7. The molecule has 0 unspecified atom stereocenters. The molecule has 0 bridgehead atoms. The van der Waals surface area contributed by atoms with Gasteiger partial charge in [0.25, 0.3) is 5.91 Å². The molecule has 0 fully saturated rings. The fourth-order valence-electron chi connectivity index (χ4n) is 3.14. The van der Waals surface area contributed by atoms with Crippen LogP contribution in [-0.4, -0.2) is 53.6 Å². The number of carbonyl (C=O) groups excluding carboxylic acids is 1. The predicted octanol–water partition coefficient (Wildman–Crippen LogP) is 0.883. The van der Waals surface area contributed by atoms with Crippen LogP contribution in [0.2, 0.25) is 0 Å². The van der Waals surface area contributed by atoms with E-state index in [9.17, 15) is 14.7 Å². The zero-order valence-electron chi connectivity index (χ0n) is 17.3. The molecule has 0 radical (unpaired) electrons. The van der Waals surface area contributed by atoms with E-state index in [2.05, 4.69) is 31.2 Å². The Bertz CT molecular complexity index is 886. The molecule has 1 aliphatic heterocycles. The number of aliphatic carboxylic acids is 1. The molecule has 0 saturated carbocycles. The van der Waals surface area contributed by atoms with Gasteiger partial charge in [0.1, 0.15) is 6.04 Å². The smallest absolute Gasteiger partial charge is 0.326 e. The summed E-state index contributed by atoms with van der Waals surface area (Å²) in [5.74, 6) is -0.694. The maximum absolute atomic E-state index is 12.5. The van der Waals surface area contributed by atoms with Gasteiger partial charge in [-0.1, -0.05) is 18.2 Å². The number of hydrogen-bond donors (Lipinski definition) is 5. The normalized spacial score (nSPS) is 13.7. The first-order valence-corrected chi connectivity index (χ1v) is 10.4. The SMILES string of the molecule is O=C(N[C@@H](CCCNC1=NCCN1)C(=O)O)c1ccc(CNCc2ccccn2)cc1. The summed E-state index contributed by atoms with van der Waals surface area (Å²) in [6, 6.07) is 12.0. The molecule has 164 valence electrons. The molecule has 0 spiro atoms. The van der Waals surface area contributed by atoms with Crippen LogP contribution in [0.5, 0.6) is 0 Å². The first kappa shape index (κ1) is 22.2. The number of rotatable bonds is 11. The van der Waals surface area contributed by atoms with E-state index >= 15 is 0 Å². The highest BCUT2D eigenvalue weighted by atomic mass is 16.4. The van der Waals surface area contributed by atoms with Crippen LogP contribution in [0, 0.1) is 0 Å². The van der Waals surface area contributed by atoms with Crippen LogP contribution < -0.4 is 21.3 Å². The third kappa shape index (κ3) is 7.38. The Morgan fingerprint density at radius 1 is 1.13 bits per heavy atom. The molecule has 2 aromatic rings. The van der Waals surface area contributed by atoms with Gasteiger partial charge in [-0.2, -0.15) is 0 Å². The third-order valence-electron chi connectivity index (χ3n) is 4.82. The summed E-state index contributed by atoms with van der Waals surface area (Å²) in [5.41, 5.74) is 2.42. The first-order valence-electron chi connectivity index (χ1n) is 10.4. The van der Waals surface area contributed by atoms with Gasteiger partial charge in [-0.15, -0.1) is 0 Å². The largest absolute Gasteiger partial charge is 0.480 e. The molecule has 2 heterocycles. The van der Waals surface area contributed by atoms with E-state index in [1.165, 1.54) is 0 Å². The molecular formula is C22H28N6O3. The van der Waals surface area contributed by atoms with E-state index in [0.717, 1.165) is 30.3 Å². The molecule has 1 aliphatic rings. The predicted molar refractivity (Wildman–Crippen MR) is 118 cm³/mol. The van der Waals surface area contributed by atoms with Gasteiger partial charge >= 0.3 is 5.97 Å². The van der Waals surface area contributed by atoms with Gasteiger partial charge in [0.2, 0.25) is 0 Å². The van der Waals surface area contributed by atoms with E-state index in [-0.39, 0.29) is 0 Å². The van der Waals surface area contributed by atoms with Crippen LogP contribution in [0.1, 0.15) is 34.5 Å². The highest BCUT2D eigenvalue weighted by molar-refractivity contribution is 5.96. The van der Waals surface area contributed by atoms with Gasteiger partial charge in [0, 0.05) is 37.9 Å². The number of aromatic nitrogens is 1. The molecule has 31 heavy (non-hydrogen) atoms. The number of amides is 1. The zero-order valence-corrected chi connectivity index (χ0v) is 17.3. The number of carbonyl (C=O) groups is 2. The van der Waals surface area contributed by atoms with Crippen LogP contribution in [0.25, 0.3) is 0 Å². The molecular weight excluding hydrogens is 396 g/mol. The molecule has 0 aliphatic carbocycles. The minimum Gasteiger partial charge on any atom is -0.480 e. The van der Waals surface area contributed by atoms with Crippen LogP contribution in [-0.2, 0) is 17.9 Å². The summed E-state index contributed by atoms with van der Waals surface area (Å²) in [6.45, 7) is 3.45. The molecule has 1 aromatic carbocycles. The average Bonchev–Trinajstić information content (AvgIpc) is 3.30. The van der Waals surface area contributed by atoms with Crippen molar-refractivity contribution >= 4 is 17.8 Å².